The lowest BCUT2D eigenvalue weighted by Gasteiger charge is -2.36. The molecule has 7 aromatic carbocycles. The fourth-order valence-corrected chi connectivity index (χ4v) is 11.3. The van der Waals surface area contributed by atoms with Crippen LogP contribution in [0.2, 0.25) is 0 Å². The minimum atomic E-state index is 0.0121. The number of rotatable bonds is 4. The van der Waals surface area contributed by atoms with Crippen LogP contribution in [0.15, 0.2) is 153 Å². The summed E-state index contributed by atoms with van der Waals surface area (Å²) >= 11 is 3.61. The van der Waals surface area contributed by atoms with Crippen LogP contribution in [0.5, 0.6) is 46.0 Å². The Labute approximate surface area is 349 Å². The van der Waals surface area contributed by atoms with Gasteiger partial charge in [-0.2, -0.15) is 0 Å². The van der Waals surface area contributed by atoms with Gasteiger partial charge in [0.2, 0.25) is 0 Å². The molecule has 11 rings (SSSR count). The summed E-state index contributed by atoms with van der Waals surface area (Å²) in [6.07, 6.45) is 0. The average Bonchev–Trinajstić information content (AvgIpc) is 3.19. The molecule has 0 aromatic heterocycles. The van der Waals surface area contributed by atoms with Crippen LogP contribution in [0.3, 0.4) is 0 Å². The lowest BCUT2D eigenvalue weighted by molar-refractivity contribution is 0.459. The first kappa shape index (κ1) is 35.7. The quantitative estimate of drug-likeness (QED) is 0.165. The Morgan fingerprint density at radius 2 is 0.810 bits per heavy atom. The Balaban J connectivity index is 1.01. The summed E-state index contributed by atoms with van der Waals surface area (Å²) in [5.74, 6) is 6.59. The number of fused-ring (bicyclic) bond motifs is 8. The minimum Gasteiger partial charge on any atom is -0.458 e. The van der Waals surface area contributed by atoms with Crippen molar-refractivity contribution in [1.29, 1.82) is 0 Å². The molecule has 0 saturated carbocycles. The molecule has 282 valence electrons. The van der Waals surface area contributed by atoms with Gasteiger partial charge in [-0.1, -0.05) is 143 Å². The summed E-state index contributed by atoms with van der Waals surface area (Å²) in [7, 11) is 0. The monoisotopic (exact) mass is 790 g/mol. The zero-order valence-electron chi connectivity index (χ0n) is 33.3. The number of hydrogen-bond acceptors (Lipinski definition) is 6. The molecule has 8 heteroatoms. The first-order chi connectivity index (χ1) is 27.9. The second-order valence-electron chi connectivity index (χ2n) is 17.7. The van der Waals surface area contributed by atoms with Crippen LogP contribution in [0.1, 0.15) is 52.7 Å². The number of ether oxygens (including phenoxy) is 4. The maximum Gasteiger partial charge on any atom is 0.253 e. The molecule has 0 saturated heterocycles. The maximum atomic E-state index is 6.70. The smallest absolute Gasteiger partial charge is 0.253 e. The van der Waals surface area contributed by atoms with E-state index in [0.717, 1.165) is 55.8 Å². The van der Waals surface area contributed by atoms with Crippen LogP contribution < -0.4 is 51.7 Å². The van der Waals surface area contributed by atoms with Gasteiger partial charge in [-0.05, 0) is 98.4 Å². The van der Waals surface area contributed by atoms with Crippen molar-refractivity contribution in [3.63, 3.8) is 0 Å². The highest BCUT2D eigenvalue weighted by Crippen LogP contribution is 2.45. The van der Waals surface area contributed by atoms with Crippen molar-refractivity contribution in [3.05, 3.63) is 145 Å². The predicted molar refractivity (Wildman–Crippen MR) is 240 cm³/mol. The van der Waals surface area contributed by atoms with E-state index in [1.807, 2.05) is 0 Å². The highest BCUT2D eigenvalue weighted by atomic mass is 32.2. The maximum absolute atomic E-state index is 6.70. The van der Waals surface area contributed by atoms with Crippen molar-refractivity contribution in [2.45, 2.75) is 72.0 Å². The van der Waals surface area contributed by atoms with E-state index in [-0.39, 0.29) is 24.3 Å². The van der Waals surface area contributed by atoms with E-state index >= 15 is 0 Å². The Kier molecular flexibility index (Phi) is 8.03. The van der Waals surface area contributed by atoms with Crippen molar-refractivity contribution < 1.29 is 18.9 Å². The van der Waals surface area contributed by atoms with Gasteiger partial charge in [0.15, 0.2) is 0 Å². The molecule has 0 aliphatic carbocycles. The molecule has 58 heavy (non-hydrogen) atoms. The van der Waals surface area contributed by atoms with Crippen molar-refractivity contribution in [1.82, 2.24) is 0 Å². The van der Waals surface area contributed by atoms with E-state index in [2.05, 4.69) is 175 Å². The summed E-state index contributed by atoms with van der Waals surface area (Å²) in [5.41, 5.74) is 10.0. The SMILES string of the molecule is CC(C)(C)c1ccc(Oc2cc3c4c(c2)Sc2cc5c(cc2B4c2ccccc2O3)B2c3ccccc3Oc3cc(Oc4ccc(C(C)(C)C)cc4)cc(c32)S5)cc1. The fourth-order valence-electron chi connectivity index (χ4n) is 8.78. The van der Waals surface area contributed by atoms with Crippen LogP contribution in [-0.4, -0.2) is 13.4 Å². The fraction of sp³-hybridized carbons (Fsp3) is 0.160. The minimum absolute atomic E-state index is 0.0121. The van der Waals surface area contributed by atoms with Gasteiger partial charge in [0.05, 0.1) is 0 Å². The zero-order chi connectivity index (χ0) is 39.5. The molecular formula is C50H40B2O4S2. The van der Waals surface area contributed by atoms with Gasteiger partial charge in [-0.25, -0.2) is 0 Å². The van der Waals surface area contributed by atoms with Gasteiger partial charge >= 0.3 is 0 Å². The third-order valence-corrected chi connectivity index (χ3v) is 14.0. The van der Waals surface area contributed by atoms with Gasteiger partial charge < -0.3 is 18.9 Å². The Morgan fingerprint density at radius 1 is 0.397 bits per heavy atom. The molecule has 7 aromatic rings. The second kappa shape index (κ2) is 13.0. The lowest BCUT2D eigenvalue weighted by atomic mass is 9.32. The predicted octanol–water partition coefficient (Wildman–Crippen LogP) is 10.0. The normalized spacial score (nSPS) is 14.1. The van der Waals surface area contributed by atoms with Gasteiger partial charge in [0, 0.05) is 31.7 Å². The highest BCUT2D eigenvalue weighted by molar-refractivity contribution is 8.01. The number of hydrogen-bond donors (Lipinski definition) is 0. The number of para-hydroxylation sites is 2. The second-order valence-corrected chi connectivity index (χ2v) is 19.9. The molecule has 4 aliphatic heterocycles. The summed E-state index contributed by atoms with van der Waals surface area (Å²) < 4.78 is 26.5. The van der Waals surface area contributed by atoms with Crippen LogP contribution in [0.4, 0.5) is 0 Å². The molecule has 0 bridgehead atoms. The van der Waals surface area contributed by atoms with E-state index in [0.29, 0.717) is 0 Å². The Morgan fingerprint density at radius 3 is 1.22 bits per heavy atom. The molecule has 4 heterocycles. The van der Waals surface area contributed by atoms with Crippen LogP contribution in [0.25, 0.3) is 0 Å². The zero-order valence-corrected chi connectivity index (χ0v) is 34.9. The average molecular weight is 791 g/mol. The van der Waals surface area contributed by atoms with Crippen molar-refractivity contribution >= 4 is 69.7 Å². The molecule has 0 atom stereocenters. The van der Waals surface area contributed by atoms with E-state index in [9.17, 15) is 0 Å². The lowest BCUT2D eigenvalue weighted by Crippen LogP contribution is -2.62. The van der Waals surface area contributed by atoms with Crippen LogP contribution >= 0.6 is 23.5 Å². The highest BCUT2D eigenvalue weighted by Gasteiger charge is 2.44. The molecule has 0 amide bonds. The summed E-state index contributed by atoms with van der Waals surface area (Å²) in [6, 6.07) is 47.2. The molecule has 0 spiro atoms. The molecule has 0 N–H and O–H groups in total. The van der Waals surface area contributed by atoms with Gasteiger partial charge in [-0.15, -0.1) is 0 Å². The van der Waals surface area contributed by atoms with Crippen molar-refractivity contribution in [3.8, 4) is 46.0 Å². The van der Waals surface area contributed by atoms with E-state index in [4.69, 9.17) is 18.9 Å². The first-order valence-corrected chi connectivity index (χ1v) is 21.6. The topological polar surface area (TPSA) is 36.9 Å². The molecule has 4 aliphatic rings. The van der Waals surface area contributed by atoms with Gasteiger partial charge in [0.1, 0.15) is 46.0 Å². The molecular weight excluding hydrogens is 750 g/mol. The first-order valence-electron chi connectivity index (χ1n) is 19.9. The third kappa shape index (κ3) is 5.95. The standard InChI is InChI=1S/C50H40B2O4S2/c1-49(2,3)29-15-19-31(20-16-29)53-33-23-41-47-45(25-33)57-43-28-44-38(27-37(43)51(47)35-11-7-9-13-39(35)55-41)52-36-12-8-10-14-40(36)56-42-24-34(26-46(58-44)48(42)52)54-32-21-17-30(18-22-32)50(4,5)6/h7-28H,1-6H3. The molecule has 0 radical (unpaired) electrons. The Hall–Kier alpha value is -5.43. The number of benzene rings is 7. The summed E-state index contributed by atoms with van der Waals surface area (Å²) in [6.45, 7) is 13.4. The van der Waals surface area contributed by atoms with Crippen molar-refractivity contribution in [2.75, 3.05) is 0 Å². The van der Waals surface area contributed by atoms with Crippen LogP contribution in [-0.2, 0) is 10.8 Å². The summed E-state index contributed by atoms with van der Waals surface area (Å²) in [5, 5.41) is 0. The van der Waals surface area contributed by atoms with E-state index in [1.54, 1.807) is 23.5 Å². The third-order valence-electron chi connectivity index (χ3n) is 11.7. The van der Waals surface area contributed by atoms with Gasteiger partial charge in [0.25, 0.3) is 13.4 Å². The van der Waals surface area contributed by atoms with Gasteiger partial charge in [-0.3, -0.25) is 0 Å². The van der Waals surface area contributed by atoms with E-state index < -0.39 is 0 Å². The largest absolute Gasteiger partial charge is 0.458 e. The molecule has 0 unspecified atom stereocenters. The van der Waals surface area contributed by atoms with Crippen LogP contribution in [0, 0.1) is 0 Å². The van der Waals surface area contributed by atoms with Crippen molar-refractivity contribution in [2.24, 2.45) is 0 Å². The molecule has 4 nitrogen and oxygen atoms in total. The van der Waals surface area contributed by atoms with E-state index in [1.165, 1.54) is 53.7 Å². The molecule has 0 fully saturated rings. The Bertz CT molecular complexity index is 2630. The summed E-state index contributed by atoms with van der Waals surface area (Å²) in [4.78, 5) is 4.79.